The third-order valence-corrected chi connectivity index (χ3v) is 7.95. The number of benzene rings is 1. The highest BCUT2D eigenvalue weighted by molar-refractivity contribution is 7.89. The van der Waals surface area contributed by atoms with E-state index in [-0.39, 0.29) is 0 Å². The summed E-state index contributed by atoms with van der Waals surface area (Å²) in [6, 6.07) is 9.47. The second-order valence-corrected chi connectivity index (χ2v) is 10.0. The molecule has 1 aromatic carbocycles. The number of rotatable bonds is 4. The summed E-state index contributed by atoms with van der Waals surface area (Å²) in [6.07, 6.45) is 6.05. The number of fused-ring (bicyclic) bond motifs is 1. The van der Waals surface area contributed by atoms with Gasteiger partial charge in [-0.3, -0.25) is 0 Å². The van der Waals surface area contributed by atoms with Crippen molar-refractivity contribution in [1.29, 1.82) is 0 Å². The average molecular weight is 440 g/mol. The highest BCUT2D eigenvalue weighted by Gasteiger charge is 2.29. The lowest BCUT2D eigenvalue weighted by molar-refractivity contribution is 0.384. The Bertz CT molecular complexity index is 1180. The molecule has 0 saturated carbocycles. The number of anilines is 1. The van der Waals surface area contributed by atoms with Gasteiger partial charge in [0, 0.05) is 44.9 Å². The summed E-state index contributed by atoms with van der Waals surface area (Å²) >= 11 is 0. The van der Waals surface area contributed by atoms with Crippen molar-refractivity contribution in [2.24, 2.45) is 0 Å². The lowest BCUT2D eigenvalue weighted by Gasteiger charge is -2.34. The Kier molecular flexibility index (Phi) is 5.23. The van der Waals surface area contributed by atoms with Gasteiger partial charge in [0.25, 0.3) is 0 Å². The fourth-order valence-electron chi connectivity index (χ4n) is 4.30. The molecule has 8 nitrogen and oxygen atoms in total. The number of hydrogen-bond donors (Lipinski definition) is 0. The summed E-state index contributed by atoms with van der Waals surface area (Å²) in [5.74, 6) is 1.84. The molecule has 0 N–H and O–H groups in total. The summed E-state index contributed by atoms with van der Waals surface area (Å²) < 4.78 is 33.0. The van der Waals surface area contributed by atoms with Crippen molar-refractivity contribution >= 4 is 15.8 Å². The van der Waals surface area contributed by atoms with E-state index in [1.807, 2.05) is 24.3 Å². The zero-order valence-electron chi connectivity index (χ0n) is 17.5. The van der Waals surface area contributed by atoms with E-state index in [9.17, 15) is 8.42 Å². The number of piperazine rings is 1. The highest BCUT2D eigenvalue weighted by atomic mass is 32.2. The fourth-order valence-corrected chi connectivity index (χ4v) is 5.77. The Balaban J connectivity index is 1.26. The predicted molar refractivity (Wildman–Crippen MR) is 116 cm³/mol. The van der Waals surface area contributed by atoms with Gasteiger partial charge in [-0.25, -0.2) is 13.4 Å². The van der Waals surface area contributed by atoms with Gasteiger partial charge in [-0.15, -0.1) is 0 Å². The lowest BCUT2D eigenvalue weighted by atomic mass is 9.92. The standard InChI is InChI=1S/C22H25N5O3S/c1-16-24-22(25-30-16)19-7-9-21(23-15-19)26-10-12-27(13-11-26)31(28,29)20-8-6-17-4-2-3-5-18(17)14-20/h6-9,14-15H,2-5,10-13H2,1H3. The Morgan fingerprint density at radius 1 is 0.968 bits per heavy atom. The molecule has 0 unspecified atom stereocenters. The zero-order valence-corrected chi connectivity index (χ0v) is 18.3. The summed E-state index contributed by atoms with van der Waals surface area (Å²) in [5, 5.41) is 3.91. The molecule has 2 aromatic heterocycles. The van der Waals surface area contributed by atoms with Gasteiger partial charge < -0.3 is 9.42 Å². The first-order chi connectivity index (χ1) is 15.0. The van der Waals surface area contributed by atoms with Crippen LogP contribution in [0.25, 0.3) is 11.4 Å². The third-order valence-electron chi connectivity index (χ3n) is 6.05. The van der Waals surface area contributed by atoms with E-state index in [0.29, 0.717) is 42.8 Å². The van der Waals surface area contributed by atoms with Gasteiger partial charge in [-0.05, 0) is 61.1 Å². The predicted octanol–water partition coefficient (Wildman–Crippen LogP) is 2.83. The first-order valence-electron chi connectivity index (χ1n) is 10.6. The van der Waals surface area contributed by atoms with Gasteiger partial charge in [0.2, 0.25) is 21.7 Å². The second-order valence-electron chi connectivity index (χ2n) is 8.07. The van der Waals surface area contributed by atoms with E-state index in [1.165, 1.54) is 17.5 Å². The van der Waals surface area contributed by atoms with Gasteiger partial charge in [-0.1, -0.05) is 11.2 Å². The number of sulfonamides is 1. The van der Waals surface area contributed by atoms with Crippen LogP contribution in [0.4, 0.5) is 5.82 Å². The monoisotopic (exact) mass is 439 g/mol. The molecule has 0 atom stereocenters. The van der Waals surface area contributed by atoms with Gasteiger partial charge in [0.05, 0.1) is 4.90 Å². The second kappa shape index (κ2) is 8.05. The number of aromatic nitrogens is 3. The molecule has 2 aliphatic rings. The molecule has 9 heteroatoms. The molecule has 0 spiro atoms. The molecule has 0 bridgehead atoms. The van der Waals surface area contributed by atoms with E-state index in [1.54, 1.807) is 23.5 Å². The molecule has 1 saturated heterocycles. The fraction of sp³-hybridized carbons (Fsp3) is 0.409. The zero-order chi connectivity index (χ0) is 21.4. The minimum absolute atomic E-state index is 0.416. The molecule has 1 fully saturated rings. The van der Waals surface area contributed by atoms with Crippen molar-refractivity contribution in [2.45, 2.75) is 37.5 Å². The Morgan fingerprint density at radius 2 is 1.74 bits per heavy atom. The van der Waals surface area contributed by atoms with Crippen LogP contribution in [0.3, 0.4) is 0 Å². The van der Waals surface area contributed by atoms with Crippen molar-refractivity contribution in [3.05, 3.63) is 53.5 Å². The van der Waals surface area contributed by atoms with Crippen LogP contribution >= 0.6 is 0 Å². The minimum atomic E-state index is -3.48. The number of hydrogen-bond acceptors (Lipinski definition) is 7. The van der Waals surface area contributed by atoms with Gasteiger partial charge in [0.15, 0.2) is 0 Å². The summed E-state index contributed by atoms with van der Waals surface area (Å²) in [6.45, 7) is 3.81. The van der Waals surface area contributed by atoms with Crippen molar-refractivity contribution < 1.29 is 12.9 Å². The summed E-state index contributed by atoms with van der Waals surface area (Å²) in [5.41, 5.74) is 3.27. The van der Waals surface area contributed by atoms with E-state index in [0.717, 1.165) is 30.6 Å². The van der Waals surface area contributed by atoms with Crippen molar-refractivity contribution in [3.63, 3.8) is 0 Å². The van der Waals surface area contributed by atoms with Crippen LogP contribution in [0.1, 0.15) is 29.9 Å². The van der Waals surface area contributed by atoms with E-state index < -0.39 is 10.0 Å². The largest absolute Gasteiger partial charge is 0.354 e. The molecular formula is C22H25N5O3S. The number of pyridine rings is 1. The van der Waals surface area contributed by atoms with Gasteiger partial charge in [0.1, 0.15) is 5.82 Å². The van der Waals surface area contributed by atoms with Crippen LogP contribution in [0.2, 0.25) is 0 Å². The van der Waals surface area contributed by atoms with Crippen molar-refractivity contribution in [3.8, 4) is 11.4 Å². The van der Waals surface area contributed by atoms with E-state index >= 15 is 0 Å². The summed E-state index contributed by atoms with van der Waals surface area (Å²) in [4.78, 5) is 11.2. The lowest BCUT2D eigenvalue weighted by Crippen LogP contribution is -2.48. The SMILES string of the molecule is Cc1nc(-c2ccc(N3CCN(S(=O)(=O)c4ccc5c(c4)CCCC5)CC3)nc2)no1. The minimum Gasteiger partial charge on any atom is -0.354 e. The van der Waals surface area contributed by atoms with Crippen LogP contribution < -0.4 is 4.90 Å². The van der Waals surface area contributed by atoms with Gasteiger partial charge in [-0.2, -0.15) is 9.29 Å². The third kappa shape index (κ3) is 3.95. The van der Waals surface area contributed by atoms with E-state index in [4.69, 9.17) is 4.52 Å². The van der Waals surface area contributed by atoms with Crippen molar-refractivity contribution in [2.75, 3.05) is 31.1 Å². The molecule has 1 aliphatic carbocycles. The van der Waals surface area contributed by atoms with Crippen LogP contribution in [0.15, 0.2) is 45.9 Å². The molecule has 162 valence electrons. The highest BCUT2D eigenvalue weighted by Crippen LogP contribution is 2.27. The van der Waals surface area contributed by atoms with E-state index in [2.05, 4.69) is 20.0 Å². The van der Waals surface area contributed by atoms with Crippen LogP contribution in [0, 0.1) is 6.92 Å². The number of aryl methyl sites for hydroxylation is 3. The van der Waals surface area contributed by atoms with Crippen molar-refractivity contribution in [1.82, 2.24) is 19.4 Å². The maximum atomic E-state index is 13.2. The smallest absolute Gasteiger partial charge is 0.243 e. The maximum absolute atomic E-state index is 13.2. The number of nitrogens with zero attached hydrogens (tertiary/aromatic N) is 5. The van der Waals surface area contributed by atoms with Crippen LogP contribution in [0.5, 0.6) is 0 Å². The molecule has 0 amide bonds. The quantitative estimate of drug-likeness (QED) is 0.617. The molecule has 31 heavy (non-hydrogen) atoms. The normalized spacial score (nSPS) is 17.5. The summed E-state index contributed by atoms with van der Waals surface area (Å²) in [7, 11) is -3.48. The Morgan fingerprint density at radius 3 is 2.42 bits per heavy atom. The maximum Gasteiger partial charge on any atom is 0.243 e. The Hall–Kier alpha value is -2.78. The van der Waals surface area contributed by atoms with Gasteiger partial charge >= 0.3 is 0 Å². The molecule has 3 heterocycles. The average Bonchev–Trinajstić information content (AvgIpc) is 3.25. The topological polar surface area (TPSA) is 92.4 Å². The van der Waals surface area contributed by atoms with Crippen LogP contribution in [-0.4, -0.2) is 54.0 Å². The first-order valence-corrected chi connectivity index (χ1v) is 12.1. The molecule has 3 aromatic rings. The van der Waals surface area contributed by atoms with Crippen LogP contribution in [-0.2, 0) is 22.9 Å². The molecular weight excluding hydrogens is 414 g/mol. The first kappa shape index (κ1) is 20.1. The molecule has 1 aliphatic heterocycles. The molecule has 5 rings (SSSR count). The Labute approximate surface area is 182 Å². The molecule has 0 radical (unpaired) electrons.